The number of ether oxygens (including phenoxy) is 1. The number of urea groups is 1. The second-order valence-electron chi connectivity index (χ2n) is 5.12. The molecule has 0 bridgehead atoms. The van der Waals surface area contributed by atoms with Crippen molar-refractivity contribution in [3.8, 4) is 0 Å². The fourth-order valence-corrected chi connectivity index (χ4v) is 2.06. The van der Waals surface area contributed by atoms with Crippen LogP contribution < -0.4 is 16.0 Å². The number of hydrogen-bond acceptors (Lipinski definition) is 6. The lowest BCUT2D eigenvalue weighted by Gasteiger charge is -2.33. The van der Waals surface area contributed by atoms with Crippen molar-refractivity contribution in [3.05, 3.63) is 0 Å². The summed E-state index contributed by atoms with van der Waals surface area (Å²) in [5.74, 6) is -0.798. The van der Waals surface area contributed by atoms with Gasteiger partial charge in [-0.15, -0.1) is 0 Å². The van der Waals surface area contributed by atoms with E-state index in [1.807, 2.05) is 0 Å². The van der Waals surface area contributed by atoms with Crippen molar-refractivity contribution in [2.24, 2.45) is 0 Å². The number of amides is 3. The van der Waals surface area contributed by atoms with Crippen molar-refractivity contribution < 1.29 is 19.1 Å². The van der Waals surface area contributed by atoms with Crippen molar-refractivity contribution >= 4 is 17.9 Å². The van der Waals surface area contributed by atoms with Crippen LogP contribution in [0.4, 0.5) is 4.79 Å². The van der Waals surface area contributed by atoms with Gasteiger partial charge in [0, 0.05) is 25.7 Å². The lowest BCUT2D eigenvalue weighted by Crippen LogP contribution is -2.58. The van der Waals surface area contributed by atoms with Crippen LogP contribution in [-0.2, 0) is 14.3 Å². The zero-order valence-electron chi connectivity index (χ0n) is 12.8. The van der Waals surface area contributed by atoms with E-state index in [2.05, 4.69) is 16.0 Å². The number of piperazine rings is 1. The Morgan fingerprint density at radius 1 is 1.38 bits per heavy atom. The molecule has 0 radical (unpaired) electrons. The molecule has 0 aliphatic carbocycles. The van der Waals surface area contributed by atoms with Gasteiger partial charge in [0.15, 0.2) is 0 Å². The minimum Gasteiger partial charge on any atom is -0.465 e. The van der Waals surface area contributed by atoms with Gasteiger partial charge in [-0.1, -0.05) is 0 Å². The second kappa shape index (κ2) is 8.58. The maximum atomic E-state index is 11.8. The molecule has 0 spiro atoms. The molecule has 3 amide bonds. The molecule has 0 aromatic heterocycles. The Morgan fingerprint density at radius 2 is 2.10 bits per heavy atom. The summed E-state index contributed by atoms with van der Waals surface area (Å²) in [6.45, 7) is 7.28. The van der Waals surface area contributed by atoms with Gasteiger partial charge < -0.3 is 15.4 Å². The van der Waals surface area contributed by atoms with Crippen LogP contribution in [0.25, 0.3) is 0 Å². The molecule has 1 heterocycles. The molecule has 8 heteroatoms. The number of carbonyl (C=O) groups excluding carboxylic acids is 3. The molecule has 1 aliphatic heterocycles. The number of esters is 1. The summed E-state index contributed by atoms with van der Waals surface area (Å²) >= 11 is 0. The summed E-state index contributed by atoms with van der Waals surface area (Å²) in [5, 5.41) is 7.91. The first-order valence-electron chi connectivity index (χ1n) is 7.15. The summed E-state index contributed by atoms with van der Waals surface area (Å²) in [6.07, 6.45) is 0. The van der Waals surface area contributed by atoms with Crippen molar-refractivity contribution in [2.75, 3.05) is 32.8 Å². The Kier molecular flexibility index (Phi) is 7.10. The third-order valence-electron chi connectivity index (χ3n) is 2.93. The van der Waals surface area contributed by atoms with Crippen LogP contribution in [0, 0.1) is 0 Å². The van der Waals surface area contributed by atoms with Gasteiger partial charge in [-0.25, -0.2) is 4.79 Å². The topological polar surface area (TPSA) is 99.8 Å². The van der Waals surface area contributed by atoms with E-state index in [0.29, 0.717) is 26.2 Å². The Morgan fingerprint density at radius 3 is 2.71 bits per heavy atom. The van der Waals surface area contributed by atoms with Crippen molar-refractivity contribution in [3.63, 3.8) is 0 Å². The fourth-order valence-electron chi connectivity index (χ4n) is 2.06. The lowest BCUT2D eigenvalue weighted by molar-refractivity contribution is -0.150. The first-order valence-corrected chi connectivity index (χ1v) is 7.15. The molecule has 120 valence electrons. The standard InChI is InChI=1S/C13H24N4O4/c1-4-21-12(19)10-7-14-5-6-17(10)8-11(18)16-13(20)15-9(2)3/h9-10,14H,4-8H2,1-3H3,(H2,15,16,18,20). The van der Waals surface area contributed by atoms with Gasteiger partial charge in [0.05, 0.1) is 13.2 Å². The zero-order chi connectivity index (χ0) is 15.8. The average molecular weight is 300 g/mol. The highest BCUT2D eigenvalue weighted by Crippen LogP contribution is 2.05. The third kappa shape index (κ3) is 6.09. The molecule has 1 rings (SSSR count). The number of rotatable bonds is 5. The Bertz CT molecular complexity index is 386. The molecule has 0 aromatic rings. The maximum Gasteiger partial charge on any atom is 0.324 e. The largest absolute Gasteiger partial charge is 0.465 e. The second-order valence-corrected chi connectivity index (χ2v) is 5.12. The molecular weight excluding hydrogens is 276 g/mol. The monoisotopic (exact) mass is 300 g/mol. The number of imide groups is 1. The molecule has 8 nitrogen and oxygen atoms in total. The van der Waals surface area contributed by atoms with Gasteiger partial charge in [0.2, 0.25) is 5.91 Å². The molecule has 0 aromatic carbocycles. The van der Waals surface area contributed by atoms with Gasteiger partial charge >= 0.3 is 12.0 Å². The molecule has 21 heavy (non-hydrogen) atoms. The van der Waals surface area contributed by atoms with Gasteiger partial charge in [-0.3, -0.25) is 19.8 Å². The van der Waals surface area contributed by atoms with E-state index in [-0.39, 0.29) is 18.6 Å². The molecule has 0 saturated carbocycles. The summed E-state index contributed by atoms with van der Waals surface area (Å²) in [6, 6.07) is -1.08. The average Bonchev–Trinajstić information content (AvgIpc) is 2.38. The minimum absolute atomic E-state index is 0.0172. The summed E-state index contributed by atoms with van der Waals surface area (Å²) in [4.78, 5) is 36.9. The van der Waals surface area contributed by atoms with Crippen LogP contribution in [0.5, 0.6) is 0 Å². The Balaban J connectivity index is 2.51. The highest BCUT2D eigenvalue weighted by atomic mass is 16.5. The SMILES string of the molecule is CCOC(=O)C1CNCCN1CC(=O)NC(=O)NC(C)C. The smallest absolute Gasteiger partial charge is 0.324 e. The van der Waals surface area contributed by atoms with Crippen molar-refractivity contribution in [1.29, 1.82) is 0 Å². The van der Waals surface area contributed by atoms with E-state index < -0.39 is 18.0 Å². The summed E-state index contributed by atoms with van der Waals surface area (Å²) in [7, 11) is 0. The first kappa shape index (κ1) is 17.4. The van der Waals surface area contributed by atoms with Crippen molar-refractivity contribution in [2.45, 2.75) is 32.9 Å². The number of nitrogens with zero attached hydrogens (tertiary/aromatic N) is 1. The van der Waals surface area contributed by atoms with Crippen molar-refractivity contribution in [1.82, 2.24) is 20.9 Å². The van der Waals surface area contributed by atoms with Gasteiger partial charge in [-0.05, 0) is 20.8 Å². The highest BCUT2D eigenvalue weighted by Gasteiger charge is 2.31. The van der Waals surface area contributed by atoms with E-state index in [9.17, 15) is 14.4 Å². The fraction of sp³-hybridized carbons (Fsp3) is 0.769. The predicted molar refractivity (Wildman–Crippen MR) is 76.7 cm³/mol. The molecule has 1 fully saturated rings. The lowest BCUT2D eigenvalue weighted by atomic mass is 10.2. The van der Waals surface area contributed by atoms with E-state index in [1.54, 1.807) is 25.7 Å². The van der Waals surface area contributed by atoms with Gasteiger partial charge in [0.25, 0.3) is 0 Å². The van der Waals surface area contributed by atoms with E-state index in [4.69, 9.17) is 4.74 Å². The molecule has 1 unspecified atom stereocenters. The van der Waals surface area contributed by atoms with Crippen LogP contribution in [0.3, 0.4) is 0 Å². The highest BCUT2D eigenvalue weighted by molar-refractivity contribution is 5.95. The minimum atomic E-state index is -0.530. The first-order chi connectivity index (χ1) is 9.93. The van der Waals surface area contributed by atoms with E-state index in [0.717, 1.165) is 0 Å². The quantitative estimate of drug-likeness (QED) is 0.567. The predicted octanol–water partition coefficient (Wildman–Crippen LogP) is -0.942. The summed E-state index contributed by atoms with van der Waals surface area (Å²) < 4.78 is 5.00. The third-order valence-corrected chi connectivity index (χ3v) is 2.93. The molecular formula is C13H24N4O4. The van der Waals surface area contributed by atoms with Crippen LogP contribution in [-0.4, -0.2) is 67.7 Å². The number of hydrogen-bond donors (Lipinski definition) is 3. The van der Waals surface area contributed by atoms with Gasteiger partial charge in [0.1, 0.15) is 6.04 Å². The Labute approximate surface area is 124 Å². The van der Waals surface area contributed by atoms with Crippen LogP contribution in [0.1, 0.15) is 20.8 Å². The molecule has 1 aliphatic rings. The molecule has 3 N–H and O–H groups in total. The van der Waals surface area contributed by atoms with Crippen LogP contribution in [0.2, 0.25) is 0 Å². The van der Waals surface area contributed by atoms with E-state index >= 15 is 0 Å². The number of carbonyl (C=O) groups is 3. The van der Waals surface area contributed by atoms with Crippen LogP contribution in [0.15, 0.2) is 0 Å². The normalized spacial score (nSPS) is 19.1. The van der Waals surface area contributed by atoms with Crippen LogP contribution >= 0.6 is 0 Å². The summed E-state index contributed by atoms with van der Waals surface area (Å²) in [5.41, 5.74) is 0. The zero-order valence-corrected chi connectivity index (χ0v) is 12.8. The number of nitrogens with one attached hydrogen (secondary N) is 3. The maximum absolute atomic E-state index is 11.8. The van der Waals surface area contributed by atoms with E-state index in [1.165, 1.54) is 0 Å². The molecule has 1 atom stereocenters. The molecule has 1 saturated heterocycles. The van der Waals surface area contributed by atoms with Gasteiger partial charge in [-0.2, -0.15) is 0 Å². The Hall–Kier alpha value is -1.67.